The molecule has 268 valence electrons. The molecule has 0 aromatic heterocycles. The van der Waals surface area contributed by atoms with Gasteiger partial charge in [-0.15, -0.1) is 0 Å². The second-order valence-corrected chi connectivity index (χ2v) is 18.5. The number of sulfonamides is 1. The summed E-state index contributed by atoms with van der Waals surface area (Å²) < 4.78 is 35.9. The van der Waals surface area contributed by atoms with Gasteiger partial charge in [0.2, 0.25) is 15.9 Å². The minimum atomic E-state index is -4.00. The maximum Gasteiger partial charge on any atom is 0.264 e. The molecule has 1 fully saturated rings. The van der Waals surface area contributed by atoms with Crippen molar-refractivity contribution in [2.45, 2.75) is 95.3 Å². The molecule has 0 saturated heterocycles. The Balaban J connectivity index is 1.48. The molecule has 0 radical (unpaired) electrons. The number of ether oxygens (including phenoxy) is 1. The number of halogens is 1. The number of benzene rings is 2. The van der Waals surface area contributed by atoms with Crippen molar-refractivity contribution in [3.05, 3.63) is 58.1 Å². The van der Waals surface area contributed by atoms with E-state index in [1.54, 1.807) is 44.1 Å². The Kier molecular flexibility index (Phi) is 9.59. The Morgan fingerprint density at radius 2 is 1.84 bits per heavy atom. The lowest BCUT2D eigenvalue weighted by atomic mass is 9.51. The fraction of sp³-hybridized carbons (Fsp3) is 0.632. The minimum Gasteiger partial charge on any atom is -0.490 e. The molecule has 1 spiro atoms. The highest BCUT2D eigenvalue weighted by Crippen LogP contribution is 2.57. The lowest BCUT2D eigenvalue weighted by Gasteiger charge is -2.58. The second kappa shape index (κ2) is 13.1. The van der Waals surface area contributed by atoms with Crippen LogP contribution in [0.4, 0.5) is 5.69 Å². The zero-order chi connectivity index (χ0) is 35.5. The van der Waals surface area contributed by atoms with Gasteiger partial charge >= 0.3 is 0 Å². The van der Waals surface area contributed by atoms with Gasteiger partial charge in [-0.25, -0.2) is 13.1 Å². The number of hydrogen-bond donors (Lipinski definition) is 2. The summed E-state index contributed by atoms with van der Waals surface area (Å²) in [5, 5.41) is 12.6. The second-order valence-electron chi connectivity index (χ2n) is 16.0. The fourth-order valence-electron chi connectivity index (χ4n) is 9.32. The third-order valence-electron chi connectivity index (χ3n) is 12.6. The highest BCUT2D eigenvalue weighted by Gasteiger charge is 2.58. The number of carbonyl (C=O) groups is 2. The molecule has 6 rings (SSSR count). The van der Waals surface area contributed by atoms with E-state index in [0.29, 0.717) is 49.7 Å². The van der Waals surface area contributed by atoms with Crippen LogP contribution in [0.5, 0.6) is 5.75 Å². The first-order valence-electron chi connectivity index (χ1n) is 17.8. The van der Waals surface area contributed by atoms with E-state index in [9.17, 15) is 23.1 Å². The van der Waals surface area contributed by atoms with Crippen LogP contribution in [0.2, 0.25) is 5.02 Å². The molecule has 7 atom stereocenters. The number of carbonyl (C=O) groups excluding carboxylic acids is 2. The average molecular weight is 714 g/mol. The van der Waals surface area contributed by atoms with Crippen LogP contribution in [-0.2, 0) is 26.7 Å². The molecule has 49 heavy (non-hydrogen) atoms. The zero-order valence-corrected chi connectivity index (χ0v) is 31.3. The Hall–Kier alpha value is -2.82. The van der Waals surface area contributed by atoms with Gasteiger partial charge in [-0.3, -0.25) is 9.59 Å². The van der Waals surface area contributed by atoms with Crippen LogP contribution in [0, 0.1) is 23.2 Å². The van der Waals surface area contributed by atoms with Gasteiger partial charge in [0.05, 0.1) is 29.1 Å². The molecule has 2 amide bonds. The number of anilines is 1. The van der Waals surface area contributed by atoms with E-state index >= 15 is 0 Å². The number of hydrogen-bond acceptors (Lipinski definition) is 7. The molecule has 2 bridgehead atoms. The Bertz CT molecular complexity index is 1730. The monoisotopic (exact) mass is 713 g/mol. The molecule has 4 aliphatic rings. The first-order valence-corrected chi connectivity index (χ1v) is 19.7. The third kappa shape index (κ3) is 6.46. The number of aryl methyl sites for hydroxylation is 1. The third-order valence-corrected chi connectivity index (χ3v) is 14.8. The summed E-state index contributed by atoms with van der Waals surface area (Å²) in [6.07, 6.45) is 5.93. The summed E-state index contributed by atoms with van der Waals surface area (Å²) in [4.78, 5) is 30.9. The first-order chi connectivity index (χ1) is 23.0. The van der Waals surface area contributed by atoms with Crippen molar-refractivity contribution < 1.29 is 27.9 Å². The molecule has 2 aromatic rings. The van der Waals surface area contributed by atoms with Crippen molar-refractivity contribution in [2.75, 3.05) is 38.7 Å². The molecular weight excluding hydrogens is 662 g/mol. The Labute approximate surface area is 296 Å². The van der Waals surface area contributed by atoms with Crippen molar-refractivity contribution in [2.24, 2.45) is 23.2 Å². The Morgan fingerprint density at radius 1 is 1.08 bits per heavy atom. The predicted octanol–water partition coefficient (Wildman–Crippen LogP) is 5.95. The van der Waals surface area contributed by atoms with E-state index in [0.717, 1.165) is 37.8 Å². The molecule has 2 aromatic carbocycles. The largest absolute Gasteiger partial charge is 0.490 e. The van der Waals surface area contributed by atoms with Crippen molar-refractivity contribution in [3.63, 3.8) is 0 Å². The summed E-state index contributed by atoms with van der Waals surface area (Å²) in [6, 6.07) is 11.3. The molecule has 2 aliphatic carbocycles. The highest BCUT2D eigenvalue weighted by atomic mass is 35.5. The van der Waals surface area contributed by atoms with Crippen LogP contribution in [-0.4, -0.2) is 74.9 Å². The topological polar surface area (TPSA) is 116 Å². The molecule has 1 saturated carbocycles. The van der Waals surface area contributed by atoms with Crippen LogP contribution in [0.1, 0.15) is 94.1 Å². The highest BCUT2D eigenvalue weighted by molar-refractivity contribution is 7.90. The van der Waals surface area contributed by atoms with Gasteiger partial charge in [0.15, 0.2) is 0 Å². The van der Waals surface area contributed by atoms with Gasteiger partial charge in [0, 0.05) is 43.2 Å². The lowest BCUT2D eigenvalue weighted by molar-refractivity contribution is -0.173. The van der Waals surface area contributed by atoms with Gasteiger partial charge in [-0.05, 0) is 111 Å². The van der Waals surface area contributed by atoms with Crippen molar-refractivity contribution in [1.82, 2.24) is 9.62 Å². The van der Waals surface area contributed by atoms with Gasteiger partial charge in [0.1, 0.15) is 5.75 Å². The number of aliphatic hydroxyl groups is 1. The Morgan fingerprint density at radius 3 is 2.53 bits per heavy atom. The summed E-state index contributed by atoms with van der Waals surface area (Å²) >= 11 is 6.45. The lowest BCUT2D eigenvalue weighted by Crippen LogP contribution is -2.62. The van der Waals surface area contributed by atoms with E-state index in [4.69, 9.17) is 16.3 Å². The molecule has 2 N–H and O–H groups in total. The fourth-order valence-corrected chi connectivity index (χ4v) is 10.8. The van der Waals surface area contributed by atoms with Crippen LogP contribution in [0.15, 0.2) is 36.4 Å². The number of amides is 2. The smallest absolute Gasteiger partial charge is 0.264 e. The molecule has 9 nitrogen and oxygen atoms in total. The zero-order valence-electron chi connectivity index (χ0n) is 29.7. The molecule has 11 heteroatoms. The maximum absolute atomic E-state index is 13.6. The quantitative estimate of drug-likeness (QED) is 0.395. The van der Waals surface area contributed by atoms with E-state index in [2.05, 4.69) is 28.7 Å². The maximum atomic E-state index is 13.6. The summed E-state index contributed by atoms with van der Waals surface area (Å²) in [6.45, 7) is 9.18. The molecular formula is C38H52ClN3O6S. The van der Waals surface area contributed by atoms with Gasteiger partial charge in [-0.1, -0.05) is 44.9 Å². The average Bonchev–Trinajstić information content (AvgIpc) is 3.18. The van der Waals surface area contributed by atoms with E-state index < -0.39 is 32.7 Å². The minimum absolute atomic E-state index is 0.118. The van der Waals surface area contributed by atoms with Crippen LogP contribution < -0.4 is 14.4 Å². The SMILES string of the molecule is C[C@H](C(=O)N(C)C)[C@@]1(O)CCC[C@H](C)[C@@H](C)S(=O)(=O)NC(=O)c2ccc3c(c2)N(CC2(C)CC[C@H]21)C[C@@]1(CCCc2cc(Cl)ccc21)CO3. The van der Waals surface area contributed by atoms with Gasteiger partial charge < -0.3 is 19.6 Å². The van der Waals surface area contributed by atoms with Crippen molar-refractivity contribution in [1.29, 1.82) is 0 Å². The summed E-state index contributed by atoms with van der Waals surface area (Å²) in [5.74, 6) is -1.25. The van der Waals surface area contributed by atoms with E-state index in [-0.39, 0.29) is 34.1 Å². The first kappa shape index (κ1) is 36.0. The van der Waals surface area contributed by atoms with E-state index in [1.165, 1.54) is 11.1 Å². The van der Waals surface area contributed by atoms with Gasteiger partial charge in [0.25, 0.3) is 5.91 Å². The molecule has 2 aliphatic heterocycles. The number of fused-ring (bicyclic) bond motifs is 4. The molecule has 2 heterocycles. The number of rotatable bonds is 2. The summed E-state index contributed by atoms with van der Waals surface area (Å²) in [5.41, 5.74) is 1.40. The van der Waals surface area contributed by atoms with Crippen molar-refractivity contribution >= 4 is 39.1 Å². The standard InChI is InChI=1S/C38H52ClN3O6S/c1-24-9-7-17-38(45,25(2)35(44)41(5)6)33-15-18-36(33,4)21-42-22-37(16-8-10-27-19-29(39)12-13-30(27)37)23-48-32-14-11-28(20-31(32)42)34(43)40-49(46,47)26(24)3/h11-14,19-20,24-26,33,45H,7-10,15-18,21-23H2,1-6H3,(H,40,43)/t24-,25+,26+,33+,36?,37-,38-/m0/s1. The van der Waals surface area contributed by atoms with Crippen molar-refractivity contribution in [3.8, 4) is 5.75 Å². The number of nitrogens with zero attached hydrogens (tertiary/aromatic N) is 2. The predicted molar refractivity (Wildman–Crippen MR) is 193 cm³/mol. The van der Waals surface area contributed by atoms with Crippen LogP contribution >= 0.6 is 11.6 Å². The summed E-state index contributed by atoms with van der Waals surface area (Å²) in [7, 11) is -0.557. The van der Waals surface area contributed by atoms with E-state index in [1.807, 2.05) is 19.9 Å². The van der Waals surface area contributed by atoms with Gasteiger partial charge in [-0.2, -0.15) is 0 Å². The molecule has 1 unspecified atom stereocenters. The van der Waals surface area contributed by atoms with Crippen LogP contribution in [0.3, 0.4) is 0 Å². The normalized spacial score (nSPS) is 33.5. The number of nitrogens with one attached hydrogen (secondary N) is 1. The van der Waals surface area contributed by atoms with Crippen LogP contribution in [0.25, 0.3) is 0 Å².